The monoisotopic (exact) mass is 493 g/mol. The van der Waals surface area contributed by atoms with Crippen molar-refractivity contribution in [1.82, 2.24) is 15.1 Å². The van der Waals surface area contributed by atoms with Crippen molar-refractivity contribution in [2.24, 2.45) is 0 Å². The third-order valence-electron chi connectivity index (χ3n) is 6.83. The summed E-state index contributed by atoms with van der Waals surface area (Å²) in [6.45, 7) is 6.16. The third kappa shape index (κ3) is 6.34. The van der Waals surface area contributed by atoms with Crippen LogP contribution in [0.4, 0.5) is 11.4 Å². The predicted molar refractivity (Wildman–Crippen MR) is 139 cm³/mol. The number of amides is 3. The lowest BCUT2D eigenvalue weighted by Crippen LogP contribution is -2.60. The minimum Gasteiger partial charge on any atom is -0.497 e. The first-order valence-corrected chi connectivity index (χ1v) is 12.5. The molecule has 9 nitrogen and oxygen atoms in total. The maximum Gasteiger partial charge on any atom is 0.243 e. The topological polar surface area (TPSA) is 94.2 Å². The zero-order chi connectivity index (χ0) is 25.5. The second-order valence-corrected chi connectivity index (χ2v) is 9.16. The highest BCUT2D eigenvalue weighted by Crippen LogP contribution is 2.22. The molecule has 192 valence electrons. The Morgan fingerprint density at radius 2 is 1.81 bits per heavy atom. The molecule has 0 aliphatic carbocycles. The summed E-state index contributed by atoms with van der Waals surface area (Å²) in [5, 5.41) is 5.64. The van der Waals surface area contributed by atoms with E-state index in [0.29, 0.717) is 18.8 Å². The molecular weight excluding hydrogens is 458 g/mol. The summed E-state index contributed by atoms with van der Waals surface area (Å²) < 4.78 is 5.33. The number of nitrogens with zero attached hydrogens (tertiary/aromatic N) is 3. The minimum absolute atomic E-state index is 0.0727. The van der Waals surface area contributed by atoms with Gasteiger partial charge in [0, 0.05) is 56.7 Å². The first kappa shape index (κ1) is 25.5. The maximum absolute atomic E-state index is 13.2. The number of hydrogen-bond donors (Lipinski definition) is 2. The lowest BCUT2D eigenvalue weighted by atomic mass is 10.1. The van der Waals surface area contributed by atoms with Gasteiger partial charge in [0.1, 0.15) is 11.8 Å². The van der Waals surface area contributed by atoms with Crippen molar-refractivity contribution in [2.75, 3.05) is 63.1 Å². The fourth-order valence-corrected chi connectivity index (χ4v) is 4.68. The van der Waals surface area contributed by atoms with Gasteiger partial charge in [0.05, 0.1) is 20.1 Å². The molecule has 3 amide bonds. The number of carbonyl (C=O) groups is 3. The van der Waals surface area contributed by atoms with E-state index in [2.05, 4.69) is 33.4 Å². The van der Waals surface area contributed by atoms with E-state index in [1.807, 2.05) is 42.5 Å². The van der Waals surface area contributed by atoms with Gasteiger partial charge in [0.25, 0.3) is 0 Å². The van der Waals surface area contributed by atoms with Crippen molar-refractivity contribution < 1.29 is 19.1 Å². The average molecular weight is 494 g/mol. The van der Waals surface area contributed by atoms with Gasteiger partial charge < -0.3 is 25.2 Å². The maximum atomic E-state index is 13.2. The van der Waals surface area contributed by atoms with Crippen molar-refractivity contribution in [2.45, 2.75) is 25.8 Å². The van der Waals surface area contributed by atoms with Crippen LogP contribution in [0.25, 0.3) is 0 Å². The second-order valence-electron chi connectivity index (χ2n) is 9.16. The normalized spacial score (nSPS) is 18.5. The lowest BCUT2D eigenvalue weighted by Gasteiger charge is -2.39. The Morgan fingerprint density at radius 1 is 1.06 bits per heavy atom. The zero-order valence-corrected chi connectivity index (χ0v) is 21.0. The van der Waals surface area contributed by atoms with Crippen molar-refractivity contribution in [3.63, 3.8) is 0 Å². The summed E-state index contributed by atoms with van der Waals surface area (Å²) in [6.07, 6.45) is 0.848. The lowest BCUT2D eigenvalue weighted by molar-refractivity contribution is -0.145. The molecule has 1 atom stereocenters. The SMILES string of the molecule is CCc1ccc(NC(=O)C[C@H]2C(=O)NCCN2C(=O)CN2CCN(c3cccc(OC)c3)CC2)cc1. The molecule has 4 rings (SSSR count). The molecule has 2 saturated heterocycles. The molecule has 0 saturated carbocycles. The molecule has 9 heteroatoms. The molecule has 2 aliphatic heterocycles. The minimum atomic E-state index is -0.806. The first-order chi connectivity index (χ1) is 17.5. The van der Waals surface area contributed by atoms with Crippen LogP contribution < -0.4 is 20.3 Å². The number of benzene rings is 2. The van der Waals surface area contributed by atoms with Crippen LogP contribution in [-0.2, 0) is 20.8 Å². The van der Waals surface area contributed by atoms with Crippen molar-refractivity contribution in [3.05, 3.63) is 54.1 Å². The quantitative estimate of drug-likeness (QED) is 0.582. The van der Waals surface area contributed by atoms with E-state index in [9.17, 15) is 14.4 Å². The van der Waals surface area contributed by atoms with Crippen LogP contribution in [0.15, 0.2) is 48.5 Å². The van der Waals surface area contributed by atoms with Gasteiger partial charge in [-0.05, 0) is 36.2 Å². The van der Waals surface area contributed by atoms with Crippen LogP contribution in [0, 0.1) is 0 Å². The molecule has 2 N–H and O–H groups in total. The molecule has 0 unspecified atom stereocenters. The van der Waals surface area contributed by atoms with E-state index < -0.39 is 6.04 Å². The highest BCUT2D eigenvalue weighted by atomic mass is 16.5. The largest absolute Gasteiger partial charge is 0.497 e. The molecule has 0 bridgehead atoms. The number of piperazine rings is 2. The molecular formula is C27H35N5O4. The number of anilines is 2. The molecule has 0 radical (unpaired) electrons. The highest BCUT2D eigenvalue weighted by molar-refractivity contribution is 5.97. The van der Waals surface area contributed by atoms with Gasteiger partial charge in [-0.3, -0.25) is 19.3 Å². The molecule has 2 heterocycles. The Balaban J connectivity index is 1.31. The standard InChI is InChI=1S/C27H35N5O4/c1-3-20-7-9-21(10-8-20)29-25(33)18-24-27(35)28-11-12-32(24)26(34)19-30-13-15-31(16-14-30)22-5-4-6-23(17-22)36-2/h4-10,17,24H,3,11-16,18-19H2,1-2H3,(H,28,35)(H,29,33)/t24-/m0/s1. The van der Waals surface area contributed by atoms with E-state index >= 15 is 0 Å². The molecule has 0 aromatic heterocycles. The van der Waals surface area contributed by atoms with E-state index in [-0.39, 0.29) is 30.7 Å². The van der Waals surface area contributed by atoms with E-state index in [0.717, 1.165) is 44.0 Å². The average Bonchev–Trinajstić information content (AvgIpc) is 2.90. The van der Waals surface area contributed by atoms with Crippen molar-refractivity contribution in [1.29, 1.82) is 0 Å². The number of rotatable bonds is 8. The van der Waals surface area contributed by atoms with E-state index in [4.69, 9.17) is 4.74 Å². The molecule has 2 fully saturated rings. The predicted octanol–water partition coefficient (Wildman–Crippen LogP) is 1.74. The van der Waals surface area contributed by atoms with Gasteiger partial charge in [-0.25, -0.2) is 0 Å². The number of carbonyl (C=O) groups excluding carboxylic acids is 3. The summed E-state index contributed by atoms with van der Waals surface area (Å²) in [5.41, 5.74) is 2.96. The number of methoxy groups -OCH3 is 1. The smallest absolute Gasteiger partial charge is 0.243 e. The van der Waals surface area contributed by atoms with Gasteiger partial charge in [-0.2, -0.15) is 0 Å². The van der Waals surface area contributed by atoms with E-state index in [1.54, 1.807) is 12.0 Å². The summed E-state index contributed by atoms with van der Waals surface area (Å²) in [4.78, 5) is 44.5. The fraction of sp³-hybridized carbons (Fsp3) is 0.444. The Hall–Kier alpha value is -3.59. The Morgan fingerprint density at radius 3 is 2.50 bits per heavy atom. The van der Waals surface area contributed by atoms with Crippen LogP contribution >= 0.6 is 0 Å². The summed E-state index contributed by atoms with van der Waals surface area (Å²) in [6, 6.07) is 14.8. The van der Waals surface area contributed by atoms with Gasteiger partial charge in [0.2, 0.25) is 17.7 Å². The van der Waals surface area contributed by atoms with E-state index in [1.165, 1.54) is 5.56 Å². The summed E-state index contributed by atoms with van der Waals surface area (Å²) >= 11 is 0. The van der Waals surface area contributed by atoms with Crippen molar-refractivity contribution in [3.8, 4) is 5.75 Å². The van der Waals surface area contributed by atoms with Gasteiger partial charge >= 0.3 is 0 Å². The second kappa shape index (κ2) is 11.9. The molecule has 2 aromatic rings. The molecule has 0 spiro atoms. The van der Waals surface area contributed by atoms with Crippen LogP contribution in [-0.4, -0.2) is 86.5 Å². The number of ether oxygens (including phenoxy) is 1. The fourth-order valence-electron chi connectivity index (χ4n) is 4.68. The molecule has 36 heavy (non-hydrogen) atoms. The third-order valence-corrected chi connectivity index (χ3v) is 6.83. The Labute approximate surface area is 212 Å². The zero-order valence-electron chi connectivity index (χ0n) is 21.0. The van der Waals surface area contributed by atoms with Crippen LogP contribution in [0.3, 0.4) is 0 Å². The highest BCUT2D eigenvalue weighted by Gasteiger charge is 2.35. The summed E-state index contributed by atoms with van der Waals surface area (Å²) in [5.74, 6) is 0.131. The van der Waals surface area contributed by atoms with Gasteiger partial charge in [-0.15, -0.1) is 0 Å². The molecule has 2 aromatic carbocycles. The first-order valence-electron chi connectivity index (χ1n) is 12.5. The number of hydrogen-bond acceptors (Lipinski definition) is 6. The van der Waals surface area contributed by atoms with Crippen LogP contribution in [0.5, 0.6) is 5.75 Å². The van der Waals surface area contributed by atoms with Gasteiger partial charge in [-0.1, -0.05) is 25.1 Å². The van der Waals surface area contributed by atoms with Crippen LogP contribution in [0.2, 0.25) is 0 Å². The van der Waals surface area contributed by atoms with Crippen molar-refractivity contribution >= 4 is 29.1 Å². The van der Waals surface area contributed by atoms with Crippen LogP contribution in [0.1, 0.15) is 18.9 Å². The van der Waals surface area contributed by atoms with Gasteiger partial charge in [0.15, 0.2) is 0 Å². The Bertz CT molecular complexity index is 1070. The summed E-state index contributed by atoms with van der Waals surface area (Å²) in [7, 11) is 1.66. The Kier molecular flexibility index (Phi) is 8.43. The number of aryl methyl sites for hydroxylation is 1. The number of nitrogens with one attached hydrogen (secondary N) is 2. The molecule has 2 aliphatic rings.